The first-order chi connectivity index (χ1) is 18.6. The number of nitrogens with two attached hydrogens (primary N) is 1. The van der Waals surface area contributed by atoms with Crippen LogP contribution in [-0.2, 0) is 22.5 Å². The van der Waals surface area contributed by atoms with Gasteiger partial charge in [0.2, 0.25) is 5.91 Å². The number of rotatable bonds is 6. The van der Waals surface area contributed by atoms with Crippen molar-refractivity contribution in [2.45, 2.75) is 37.7 Å². The van der Waals surface area contributed by atoms with Crippen molar-refractivity contribution in [3.8, 4) is 0 Å². The van der Waals surface area contributed by atoms with Crippen molar-refractivity contribution in [1.82, 2.24) is 5.32 Å². The monoisotopic (exact) mass is 577 g/mol. The summed E-state index contributed by atoms with van der Waals surface area (Å²) in [5, 5.41) is 7.51. The quantitative estimate of drug-likeness (QED) is 0.300. The molecular weight excluding hydrogens is 550 g/mol. The van der Waals surface area contributed by atoms with Gasteiger partial charge in [0.05, 0.1) is 0 Å². The molecule has 0 saturated carbocycles. The molecule has 3 aromatic carbocycles. The average Bonchev–Trinajstić information content (AvgIpc) is 3.32. The fourth-order valence-corrected chi connectivity index (χ4v) is 5.08. The standard InChI is InChI=1S/C22H20ClF3N2O2.C7H8ClN/c23-14-7-5-13(6-8-14)11-12-27-21(29)20-16-9-10-18(30-22(24,25)26)19(16)15-3-1-2-4-17(15)28-20;8-7-3-1-6(5-9)2-4-7/h1-8,10,16,19-20,28H,9,11-12H2,(H,27,29);1-4H,5,9H2. The highest BCUT2D eigenvalue weighted by molar-refractivity contribution is 6.30. The third-order valence-corrected chi connectivity index (χ3v) is 7.16. The van der Waals surface area contributed by atoms with Crippen LogP contribution in [0.4, 0.5) is 18.9 Å². The number of ether oxygens (including phenoxy) is 1. The minimum absolute atomic E-state index is 0.139. The van der Waals surface area contributed by atoms with E-state index in [1.54, 1.807) is 36.4 Å². The molecule has 5 rings (SSSR count). The Morgan fingerprint density at radius 1 is 0.974 bits per heavy atom. The van der Waals surface area contributed by atoms with Gasteiger partial charge in [-0.2, -0.15) is 0 Å². The second kappa shape index (κ2) is 12.8. The summed E-state index contributed by atoms with van der Waals surface area (Å²) in [6.45, 7) is 0.994. The predicted octanol–water partition coefficient (Wildman–Crippen LogP) is 6.82. The van der Waals surface area contributed by atoms with Crippen molar-refractivity contribution in [1.29, 1.82) is 0 Å². The molecule has 0 saturated heterocycles. The van der Waals surface area contributed by atoms with Crippen molar-refractivity contribution < 1.29 is 22.7 Å². The maximum atomic E-state index is 12.9. The van der Waals surface area contributed by atoms with Gasteiger partial charge < -0.3 is 21.1 Å². The number of anilines is 1. The van der Waals surface area contributed by atoms with E-state index in [1.807, 2.05) is 36.4 Å². The van der Waals surface area contributed by atoms with E-state index in [-0.39, 0.29) is 17.6 Å². The van der Waals surface area contributed by atoms with Gasteiger partial charge in [-0.25, -0.2) is 0 Å². The molecule has 3 unspecified atom stereocenters. The van der Waals surface area contributed by atoms with Crippen LogP contribution in [0.5, 0.6) is 0 Å². The Kier molecular flexibility index (Phi) is 9.43. The minimum atomic E-state index is -4.77. The molecule has 1 heterocycles. The fourth-order valence-electron chi connectivity index (χ4n) is 4.82. The van der Waals surface area contributed by atoms with Gasteiger partial charge in [0.1, 0.15) is 11.8 Å². The number of carbonyl (C=O) groups excluding carboxylic acids is 1. The number of hydrogen-bond donors (Lipinski definition) is 3. The van der Waals surface area contributed by atoms with E-state index >= 15 is 0 Å². The van der Waals surface area contributed by atoms with Crippen LogP contribution in [0.25, 0.3) is 0 Å². The Morgan fingerprint density at radius 3 is 2.21 bits per heavy atom. The highest BCUT2D eigenvalue weighted by Crippen LogP contribution is 2.50. The number of hydrogen-bond acceptors (Lipinski definition) is 4. The van der Waals surface area contributed by atoms with Gasteiger partial charge in [-0.15, -0.1) is 13.2 Å². The molecule has 1 aliphatic carbocycles. The third-order valence-electron chi connectivity index (χ3n) is 6.65. The number of halogens is 5. The molecular formula is C29H28Cl2F3N3O2. The fraction of sp³-hybridized carbons (Fsp3) is 0.276. The van der Waals surface area contributed by atoms with E-state index in [1.165, 1.54) is 6.08 Å². The highest BCUT2D eigenvalue weighted by atomic mass is 35.5. The molecule has 2 aliphatic rings. The summed E-state index contributed by atoms with van der Waals surface area (Å²) in [6.07, 6.45) is -2.37. The smallest absolute Gasteiger partial charge is 0.410 e. The Bertz CT molecular complexity index is 1300. The Balaban J connectivity index is 0.000000333. The lowest BCUT2D eigenvalue weighted by Gasteiger charge is -2.37. The number of benzene rings is 3. The van der Waals surface area contributed by atoms with Gasteiger partial charge in [-0.05, 0) is 65.9 Å². The van der Waals surface area contributed by atoms with Crippen molar-refractivity contribution in [2.75, 3.05) is 11.9 Å². The van der Waals surface area contributed by atoms with Crippen LogP contribution in [-0.4, -0.2) is 24.9 Å². The Morgan fingerprint density at radius 2 is 1.59 bits per heavy atom. The molecule has 0 aromatic heterocycles. The van der Waals surface area contributed by atoms with Crippen molar-refractivity contribution >= 4 is 34.8 Å². The molecule has 0 fully saturated rings. The molecule has 0 radical (unpaired) electrons. The average molecular weight is 578 g/mol. The largest absolute Gasteiger partial charge is 0.572 e. The molecule has 3 atom stereocenters. The minimum Gasteiger partial charge on any atom is -0.410 e. The molecule has 10 heteroatoms. The number of amides is 1. The summed E-state index contributed by atoms with van der Waals surface area (Å²) >= 11 is 11.5. The molecule has 206 valence electrons. The van der Waals surface area contributed by atoms with Gasteiger partial charge >= 0.3 is 6.36 Å². The van der Waals surface area contributed by atoms with Crippen LogP contribution in [0.1, 0.15) is 29.0 Å². The second-order valence-corrected chi connectivity index (χ2v) is 10.1. The van der Waals surface area contributed by atoms with Crippen LogP contribution in [0, 0.1) is 5.92 Å². The van der Waals surface area contributed by atoms with Gasteiger partial charge in [0, 0.05) is 40.7 Å². The SMILES string of the molecule is NCc1ccc(Cl)cc1.O=C(NCCc1ccc(Cl)cc1)C1Nc2ccccc2C2C(OC(F)(F)F)=CCC12. The number of para-hydroxylation sites is 1. The van der Waals surface area contributed by atoms with E-state index in [0.29, 0.717) is 42.2 Å². The third kappa shape index (κ3) is 7.68. The van der Waals surface area contributed by atoms with Gasteiger partial charge in [-0.3, -0.25) is 4.79 Å². The summed E-state index contributed by atoms with van der Waals surface area (Å²) in [6, 6.07) is 21.3. The predicted molar refractivity (Wildman–Crippen MR) is 147 cm³/mol. The van der Waals surface area contributed by atoms with Crippen molar-refractivity contribution in [3.05, 3.63) is 111 Å². The van der Waals surface area contributed by atoms with Crippen LogP contribution in [0.3, 0.4) is 0 Å². The molecule has 0 bridgehead atoms. The van der Waals surface area contributed by atoms with E-state index in [0.717, 1.165) is 16.1 Å². The first kappa shape index (κ1) is 28.8. The number of nitrogens with one attached hydrogen (secondary N) is 2. The molecule has 0 spiro atoms. The Hall–Kier alpha value is -3.20. The molecule has 5 nitrogen and oxygen atoms in total. The van der Waals surface area contributed by atoms with Crippen molar-refractivity contribution in [3.63, 3.8) is 0 Å². The van der Waals surface area contributed by atoms with Gasteiger partial charge in [0.25, 0.3) is 0 Å². The topological polar surface area (TPSA) is 76.4 Å². The number of carbonyl (C=O) groups is 1. The summed E-state index contributed by atoms with van der Waals surface area (Å²) < 4.78 is 42.9. The number of allylic oxidation sites excluding steroid dienone is 2. The van der Waals surface area contributed by atoms with Crippen LogP contribution < -0.4 is 16.4 Å². The Labute approximate surface area is 235 Å². The molecule has 4 N–H and O–H groups in total. The van der Waals surface area contributed by atoms with Crippen LogP contribution in [0.15, 0.2) is 84.6 Å². The lowest BCUT2D eigenvalue weighted by Crippen LogP contribution is -2.48. The highest BCUT2D eigenvalue weighted by Gasteiger charge is 2.47. The van der Waals surface area contributed by atoms with Crippen molar-refractivity contribution in [2.24, 2.45) is 11.7 Å². The first-order valence-electron chi connectivity index (χ1n) is 12.4. The summed E-state index contributed by atoms with van der Waals surface area (Å²) in [4.78, 5) is 12.9. The molecule has 3 aromatic rings. The van der Waals surface area contributed by atoms with E-state index in [2.05, 4.69) is 15.4 Å². The lowest BCUT2D eigenvalue weighted by atomic mass is 9.78. The zero-order chi connectivity index (χ0) is 28.0. The van der Waals surface area contributed by atoms with E-state index in [4.69, 9.17) is 28.9 Å². The second-order valence-electron chi connectivity index (χ2n) is 9.24. The van der Waals surface area contributed by atoms with Crippen LogP contribution >= 0.6 is 23.2 Å². The maximum Gasteiger partial charge on any atom is 0.572 e. The van der Waals surface area contributed by atoms with E-state index in [9.17, 15) is 18.0 Å². The molecule has 1 amide bonds. The van der Waals surface area contributed by atoms with Gasteiger partial charge in [-0.1, -0.05) is 65.7 Å². The first-order valence-corrected chi connectivity index (χ1v) is 13.2. The van der Waals surface area contributed by atoms with Gasteiger partial charge in [0.15, 0.2) is 0 Å². The van der Waals surface area contributed by atoms with E-state index < -0.39 is 18.3 Å². The zero-order valence-corrected chi connectivity index (χ0v) is 22.4. The summed E-state index contributed by atoms with van der Waals surface area (Å²) in [5.74, 6) is -1.35. The molecule has 1 aliphatic heterocycles. The number of fused-ring (bicyclic) bond motifs is 3. The van der Waals surface area contributed by atoms with Crippen LogP contribution in [0.2, 0.25) is 10.0 Å². The summed E-state index contributed by atoms with van der Waals surface area (Å²) in [5.41, 5.74) is 8.86. The number of alkyl halides is 3. The lowest BCUT2D eigenvalue weighted by molar-refractivity contribution is -0.307. The summed E-state index contributed by atoms with van der Waals surface area (Å²) in [7, 11) is 0. The zero-order valence-electron chi connectivity index (χ0n) is 20.8. The molecule has 39 heavy (non-hydrogen) atoms. The normalized spacial score (nSPS) is 19.4. The maximum absolute atomic E-state index is 12.9.